The van der Waals surface area contributed by atoms with Crippen LogP contribution in [-0.2, 0) is 24.3 Å². The summed E-state index contributed by atoms with van der Waals surface area (Å²) >= 11 is 0. The zero-order chi connectivity index (χ0) is 19.0. The summed E-state index contributed by atoms with van der Waals surface area (Å²) in [6.07, 6.45) is 2.06. The number of carbonyl (C=O) groups is 2. The second-order valence-electron chi connectivity index (χ2n) is 5.07. The molecule has 0 unspecified atom stereocenters. The van der Waals surface area contributed by atoms with E-state index < -0.39 is 21.9 Å². The van der Waals surface area contributed by atoms with Crippen molar-refractivity contribution in [3.8, 4) is 0 Å². The normalized spacial score (nSPS) is 11.1. The quantitative estimate of drug-likeness (QED) is 0.573. The molecule has 0 saturated carbocycles. The van der Waals surface area contributed by atoms with E-state index in [0.29, 0.717) is 11.4 Å². The lowest BCUT2D eigenvalue weighted by atomic mass is 10.3. The van der Waals surface area contributed by atoms with Crippen molar-refractivity contribution < 1.29 is 22.7 Å². The van der Waals surface area contributed by atoms with Crippen LogP contribution in [0.5, 0.6) is 0 Å². The van der Waals surface area contributed by atoms with E-state index in [1.54, 1.807) is 37.3 Å². The fourth-order valence-corrected chi connectivity index (χ4v) is 3.01. The first-order valence-electron chi connectivity index (χ1n) is 7.74. The van der Waals surface area contributed by atoms with E-state index in [1.807, 2.05) is 0 Å². The highest BCUT2D eigenvalue weighted by atomic mass is 32.2. The summed E-state index contributed by atoms with van der Waals surface area (Å²) < 4.78 is 31.8. The van der Waals surface area contributed by atoms with Crippen molar-refractivity contribution in [3.63, 3.8) is 0 Å². The number of hydrogen-bond donors (Lipinski definition) is 2. The Bertz CT molecular complexity index is 891. The van der Waals surface area contributed by atoms with Crippen LogP contribution in [0.2, 0.25) is 0 Å². The lowest BCUT2D eigenvalue weighted by Crippen LogP contribution is -2.13. The Hall–Kier alpha value is -3.13. The van der Waals surface area contributed by atoms with Crippen molar-refractivity contribution in [1.29, 1.82) is 0 Å². The summed E-state index contributed by atoms with van der Waals surface area (Å²) in [5.41, 5.74) is 0.844. The maximum absolute atomic E-state index is 12.3. The number of para-hydroxylation sites is 1. The van der Waals surface area contributed by atoms with Crippen LogP contribution >= 0.6 is 0 Å². The Morgan fingerprint density at radius 1 is 0.962 bits per heavy atom. The number of esters is 1. The molecule has 1 amide bonds. The van der Waals surface area contributed by atoms with E-state index in [9.17, 15) is 18.0 Å². The fraction of sp³-hybridized carbons (Fsp3) is 0.111. The predicted molar refractivity (Wildman–Crippen MR) is 98.1 cm³/mol. The molecule has 136 valence electrons. The Labute approximate surface area is 151 Å². The van der Waals surface area contributed by atoms with Crippen molar-refractivity contribution in [2.24, 2.45) is 0 Å². The Morgan fingerprint density at radius 3 is 2.23 bits per heavy atom. The third-order valence-electron chi connectivity index (χ3n) is 3.12. The standard InChI is InChI=1S/C18H18N2O5S/c1-2-25-18(22)13-12-17(21)19-14-8-10-16(11-9-14)26(23,24)20-15-6-4-3-5-7-15/h3-13,20H,2H2,1H3,(H,19,21). The average Bonchev–Trinajstić information content (AvgIpc) is 2.61. The van der Waals surface area contributed by atoms with Gasteiger partial charge in [-0.15, -0.1) is 0 Å². The number of sulfonamides is 1. The summed E-state index contributed by atoms with van der Waals surface area (Å²) in [6.45, 7) is 1.88. The van der Waals surface area contributed by atoms with Crippen molar-refractivity contribution in [2.75, 3.05) is 16.6 Å². The van der Waals surface area contributed by atoms with Crippen molar-refractivity contribution in [1.82, 2.24) is 0 Å². The Balaban J connectivity index is 2.01. The summed E-state index contributed by atoms with van der Waals surface area (Å²) in [4.78, 5) is 22.9. The monoisotopic (exact) mass is 374 g/mol. The number of rotatable bonds is 7. The second-order valence-corrected chi connectivity index (χ2v) is 6.75. The lowest BCUT2D eigenvalue weighted by Gasteiger charge is -2.09. The number of hydrogen-bond acceptors (Lipinski definition) is 5. The van der Waals surface area contributed by atoms with Crippen LogP contribution in [0.4, 0.5) is 11.4 Å². The number of nitrogens with one attached hydrogen (secondary N) is 2. The molecule has 0 heterocycles. The SMILES string of the molecule is CCOC(=O)C=CC(=O)Nc1ccc(S(=O)(=O)Nc2ccccc2)cc1. The molecule has 0 fully saturated rings. The largest absolute Gasteiger partial charge is 0.463 e. The molecule has 0 aliphatic heterocycles. The number of ether oxygens (including phenoxy) is 1. The first-order valence-corrected chi connectivity index (χ1v) is 9.23. The maximum atomic E-state index is 12.3. The van der Waals surface area contributed by atoms with Crippen LogP contribution in [0.1, 0.15) is 6.92 Å². The van der Waals surface area contributed by atoms with E-state index in [4.69, 9.17) is 0 Å². The van der Waals surface area contributed by atoms with Crippen molar-refractivity contribution in [3.05, 3.63) is 66.7 Å². The van der Waals surface area contributed by atoms with Gasteiger partial charge in [0.15, 0.2) is 0 Å². The van der Waals surface area contributed by atoms with E-state index >= 15 is 0 Å². The van der Waals surface area contributed by atoms with Crippen LogP contribution in [-0.4, -0.2) is 26.9 Å². The highest BCUT2D eigenvalue weighted by Crippen LogP contribution is 2.18. The zero-order valence-electron chi connectivity index (χ0n) is 14.0. The molecular formula is C18H18N2O5S. The summed E-state index contributed by atoms with van der Waals surface area (Å²) in [5.74, 6) is -1.15. The molecule has 0 saturated heterocycles. The van der Waals surface area contributed by atoms with Gasteiger partial charge in [0.25, 0.3) is 10.0 Å². The molecule has 26 heavy (non-hydrogen) atoms. The van der Waals surface area contributed by atoms with Gasteiger partial charge in [0.05, 0.1) is 11.5 Å². The van der Waals surface area contributed by atoms with Crippen LogP contribution in [0.15, 0.2) is 71.6 Å². The van der Waals surface area contributed by atoms with Crippen molar-refractivity contribution in [2.45, 2.75) is 11.8 Å². The van der Waals surface area contributed by atoms with Gasteiger partial charge in [-0.2, -0.15) is 0 Å². The number of carbonyl (C=O) groups excluding carboxylic acids is 2. The molecule has 2 N–H and O–H groups in total. The minimum absolute atomic E-state index is 0.0569. The van der Waals surface area contributed by atoms with Gasteiger partial charge in [-0.05, 0) is 43.3 Å². The highest BCUT2D eigenvalue weighted by Gasteiger charge is 2.14. The molecule has 0 atom stereocenters. The molecule has 0 aliphatic carbocycles. The van der Waals surface area contributed by atoms with Gasteiger partial charge in [-0.25, -0.2) is 13.2 Å². The Morgan fingerprint density at radius 2 is 1.62 bits per heavy atom. The Kier molecular flexibility index (Phi) is 6.51. The molecule has 0 radical (unpaired) electrons. The molecule has 0 aliphatic rings. The maximum Gasteiger partial charge on any atom is 0.330 e. The third-order valence-corrected chi connectivity index (χ3v) is 4.51. The molecule has 7 nitrogen and oxygen atoms in total. The van der Waals surface area contributed by atoms with Crippen LogP contribution in [0, 0.1) is 0 Å². The average molecular weight is 374 g/mol. The summed E-state index contributed by atoms with van der Waals surface area (Å²) in [6, 6.07) is 14.2. The van der Waals surface area contributed by atoms with Crippen molar-refractivity contribution >= 4 is 33.3 Å². The van der Waals surface area contributed by atoms with Crippen LogP contribution in [0.25, 0.3) is 0 Å². The van der Waals surface area contributed by atoms with Gasteiger partial charge >= 0.3 is 5.97 Å². The molecule has 8 heteroatoms. The topological polar surface area (TPSA) is 102 Å². The molecule has 2 aromatic carbocycles. The summed E-state index contributed by atoms with van der Waals surface area (Å²) in [7, 11) is -3.72. The minimum Gasteiger partial charge on any atom is -0.463 e. The molecule has 0 spiro atoms. The predicted octanol–water partition coefficient (Wildman–Crippen LogP) is 2.55. The molecule has 2 rings (SSSR count). The summed E-state index contributed by atoms with van der Waals surface area (Å²) in [5, 5.41) is 2.52. The zero-order valence-corrected chi connectivity index (χ0v) is 14.8. The smallest absolute Gasteiger partial charge is 0.330 e. The minimum atomic E-state index is -3.72. The van der Waals surface area contributed by atoms with E-state index in [1.165, 1.54) is 24.3 Å². The molecular weight excluding hydrogens is 356 g/mol. The molecule has 0 aromatic heterocycles. The van der Waals surface area contributed by atoms with E-state index in [0.717, 1.165) is 12.2 Å². The third kappa shape index (κ3) is 5.75. The second kappa shape index (κ2) is 8.82. The first-order chi connectivity index (χ1) is 12.4. The van der Waals surface area contributed by atoms with Gasteiger partial charge in [-0.3, -0.25) is 9.52 Å². The van der Waals surface area contributed by atoms with E-state index in [-0.39, 0.29) is 11.5 Å². The van der Waals surface area contributed by atoms with Crippen LogP contribution < -0.4 is 10.0 Å². The van der Waals surface area contributed by atoms with Gasteiger partial charge in [-0.1, -0.05) is 18.2 Å². The number of anilines is 2. The first kappa shape index (κ1) is 19.2. The number of amides is 1. The number of benzene rings is 2. The van der Waals surface area contributed by atoms with E-state index in [2.05, 4.69) is 14.8 Å². The van der Waals surface area contributed by atoms with Gasteiger partial charge < -0.3 is 10.1 Å². The van der Waals surface area contributed by atoms with Gasteiger partial charge in [0, 0.05) is 23.5 Å². The van der Waals surface area contributed by atoms with Gasteiger partial charge in [0.1, 0.15) is 0 Å². The molecule has 2 aromatic rings. The fourth-order valence-electron chi connectivity index (χ4n) is 1.96. The molecule has 0 bridgehead atoms. The highest BCUT2D eigenvalue weighted by molar-refractivity contribution is 7.92. The lowest BCUT2D eigenvalue weighted by molar-refractivity contribution is -0.137. The van der Waals surface area contributed by atoms with Gasteiger partial charge in [0.2, 0.25) is 5.91 Å². The van der Waals surface area contributed by atoms with Crippen LogP contribution in [0.3, 0.4) is 0 Å².